The van der Waals surface area contributed by atoms with Gasteiger partial charge in [-0.2, -0.15) is 0 Å². The summed E-state index contributed by atoms with van der Waals surface area (Å²) in [7, 11) is 0. The summed E-state index contributed by atoms with van der Waals surface area (Å²) in [6.07, 6.45) is 0. The van der Waals surface area contributed by atoms with Gasteiger partial charge in [0.15, 0.2) is 0 Å². The highest BCUT2D eigenvalue weighted by atomic mass is 35.5. The molecule has 0 radical (unpaired) electrons. The molecule has 0 aliphatic carbocycles. The first-order valence-electron chi connectivity index (χ1n) is 6.95. The van der Waals surface area contributed by atoms with Crippen LogP contribution in [0.15, 0.2) is 42.5 Å². The molecule has 0 aliphatic rings. The molecule has 2 aromatic rings. The van der Waals surface area contributed by atoms with Crippen molar-refractivity contribution in [2.24, 2.45) is 0 Å². The molecule has 2 rings (SSSR count). The molecule has 24 heavy (non-hydrogen) atoms. The summed E-state index contributed by atoms with van der Waals surface area (Å²) in [5, 5.41) is 16.3. The number of anilines is 1. The zero-order valence-corrected chi connectivity index (χ0v) is 13.5. The lowest BCUT2D eigenvalue weighted by Crippen LogP contribution is -2.35. The highest BCUT2D eigenvalue weighted by Crippen LogP contribution is 2.25. The normalized spacial score (nSPS) is 10.1. The maximum absolute atomic E-state index is 11.9. The van der Waals surface area contributed by atoms with Crippen LogP contribution in [0, 0.1) is 17.0 Å². The fourth-order valence-electron chi connectivity index (χ4n) is 1.94. The number of hydrogen-bond donors (Lipinski definition) is 2. The molecule has 0 aromatic heterocycles. The molecule has 2 amide bonds. The number of hydrogen-bond acceptors (Lipinski definition) is 4. The maximum Gasteiger partial charge on any atom is 0.313 e. The number of carbonyl (C=O) groups excluding carboxylic acids is 2. The number of nitrogens with one attached hydrogen (secondary N) is 2. The predicted octanol–water partition coefficient (Wildman–Crippen LogP) is 2.81. The van der Waals surface area contributed by atoms with E-state index in [0.29, 0.717) is 10.6 Å². The minimum atomic E-state index is -0.976. The first-order valence-corrected chi connectivity index (χ1v) is 7.33. The second kappa shape index (κ2) is 7.56. The van der Waals surface area contributed by atoms with Gasteiger partial charge in [0.2, 0.25) is 0 Å². The van der Waals surface area contributed by atoms with Crippen LogP contribution in [-0.2, 0) is 16.1 Å². The van der Waals surface area contributed by atoms with Gasteiger partial charge in [0.1, 0.15) is 5.69 Å². The van der Waals surface area contributed by atoms with E-state index in [1.807, 2.05) is 0 Å². The molecule has 0 spiro atoms. The predicted molar refractivity (Wildman–Crippen MR) is 89.8 cm³/mol. The van der Waals surface area contributed by atoms with Crippen molar-refractivity contribution in [1.29, 1.82) is 0 Å². The van der Waals surface area contributed by atoms with E-state index in [9.17, 15) is 19.7 Å². The zero-order chi connectivity index (χ0) is 17.7. The van der Waals surface area contributed by atoms with Crippen LogP contribution in [0.5, 0.6) is 0 Å². The summed E-state index contributed by atoms with van der Waals surface area (Å²) >= 11 is 5.76. The molecule has 0 atom stereocenters. The number of rotatable bonds is 4. The Morgan fingerprint density at radius 2 is 1.79 bits per heavy atom. The van der Waals surface area contributed by atoms with Crippen LogP contribution in [0.25, 0.3) is 0 Å². The van der Waals surface area contributed by atoms with Crippen LogP contribution in [0.3, 0.4) is 0 Å². The smallest absolute Gasteiger partial charge is 0.313 e. The van der Waals surface area contributed by atoms with E-state index >= 15 is 0 Å². The third kappa shape index (κ3) is 4.53. The second-order valence-electron chi connectivity index (χ2n) is 5.04. The summed E-state index contributed by atoms with van der Waals surface area (Å²) in [4.78, 5) is 34.1. The lowest BCUT2D eigenvalue weighted by atomic mass is 10.2. The van der Waals surface area contributed by atoms with Crippen molar-refractivity contribution in [2.45, 2.75) is 13.5 Å². The highest BCUT2D eigenvalue weighted by Gasteiger charge is 2.19. The Labute approximate surface area is 142 Å². The van der Waals surface area contributed by atoms with Gasteiger partial charge in [0.05, 0.1) is 4.92 Å². The Morgan fingerprint density at radius 3 is 2.42 bits per heavy atom. The van der Waals surface area contributed by atoms with E-state index in [2.05, 4.69) is 10.6 Å². The number of nitrogens with zero attached hydrogens (tertiary/aromatic N) is 1. The molecule has 0 aliphatic heterocycles. The first-order chi connectivity index (χ1) is 11.4. The van der Waals surface area contributed by atoms with Gasteiger partial charge in [-0.25, -0.2) is 0 Å². The van der Waals surface area contributed by atoms with Gasteiger partial charge in [-0.05, 0) is 36.2 Å². The molecular weight excluding hydrogens is 334 g/mol. The summed E-state index contributed by atoms with van der Waals surface area (Å²) in [5.74, 6) is -1.87. The molecule has 0 heterocycles. The molecule has 0 fully saturated rings. The molecule has 0 unspecified atom stereocenters. The third-order valence-electron chi connectivity index (χ3n) is 3.17. The monoisotopic (exact) mass is 347 g/mol. The number of nitro groups is 1. The van der Waals surface area contributed by atoms with Crippen molar-refractivity contribution in [1.82, 2.24) is 5.32 Å². The number of amides is 2. The van der Waals surface area contributed by atoms with E-state index < -0.39 is 16.7 Å². The molecule has 124 valence electrons. The van der Waals surface area contributed by atoms with Crippen LogP contribution in [-0.4, -0.2) is 16.7 Å². The average molecular weight is 348 g/mol. The van der Waals surface area contributed by atoms with Crippen molar-refractivity contribution in [3.05, 3.63) is 68.7 Å². The van der Waals surface area contributed by atoms with Gasteiger partial charge in [-0.1, -0.05) is 29.8 Å². The van der Waals surface area contributed by atoms with Crippen molar-refractivity contribution in [3.63, 3.8) is 0 Å². The summed E-state index contributed by atoms with van der Waals surface area (Å²) < 4.78 is 0. The van der Waals surface area contributed by atoms with Crippen molar-refractivity contribution >= 4 is 34.8 Å². The van der Waals surface area contributed by atoms with Crippen LogP contribution in [0.1, 0.15) is 11.1 Å². The number of nitro benzene ring substituents is 1. The molecule has 8 heteroatoms. The minimum absolute atomic E-state index is 0.0303. The van der Waals surface area contributed by atoms with Gasteiger partial charge in [0.25, 0.3) is 5.69 Å². The topological polar surface area (TPSA) is 101 Å². The van der Waals surface area contributed by atoms with Gasteiger partial charge >= 0.3 is 11.8 Å². The fraction of sp³-hybridized carbons (Fsp3) is 0.125. The highest BCUT2D eigenvalue weighted by molar-refractivity contribution is 6.39. The average Bonchev–Trinajstić information content (AvgIpc) is 2.55. The maximum atomic E-state index is 11.9. The SMILES string of the molecule is Cc1ccc(NC(=O)C(=O)NCc2ccc(Cl)cc2)c([N+](=O)[O-])c1. The van der Waals surface area contributed by atoms with Crippen LogP contribution in [0.2, 0.25) is 5.02 Å². The van der Waals surface area contributed by atoms with Crippen LogP contribution in [0.4, 0.5) is 11.4 Å². The van der Waals surface area contributed by atoms with Gasteiger partial charge in [0, 0.05) is 17.6 Å². The van der Waals surface area contributed by atoms with Crippen LogP contribution < -0.4 is 10.6 Å². The molecule has 2 aromatic carbocycles. The summed E-state index contributed by atoms with van der Waals surface area (Å²) in [5.41, 5.74) is 1.14. The van der Waals surface area contributed by atoms with E-state index in [-0.39, 0.29) is 17.9 Å². The second-order valence-corrected chi connectivity index (χ2v) is 5.48. The zero-order valence-electron chi connectivity index (χ0n) is 12.7. The Balaban J connectivity index is 2.00. The molecular formula is C16H14ClN3O4. The van der Waals surface area contributed by atoms with Gasteiger partial charge < -0.3 is 10.6 Å². The Bertz CT molecular complexity index is 790. The van der Waals surface area contributed by atoms with Crippen molar-refractivity contribution in [2.75, 3.05) is 5.32 Å². The summed E-state index contributed by atoms with van der Waals surface area (Å²) in [6.45, 7) is 1.83. The lowest BCUT2D eigenvalue weighted by Gasteiger charge is -2.08. The Morgan fingerprint density at radius 1 is 1.12 bits per heavy atom. The number of benzene rings is 2. The van der Waals surface area contributed by atoms with Gasteiger partial charge in [-0.15, -0.1) is 0 Å². The summed E-state index contributed by atoms with van der Waals surface area (Å²) in [6, 6.07) is 11.1. The lowest BCUT2D eigenvalue weighted by molar-refractivity contribution is -0.384. The van der Waals surface area contributed by atoms with E-state index in [1.54, 1.807) is 37.3 Å². The molecule has 7 nitrogen and oxygen atoms in total. The largest absolute Gasteiger partial charge is 0.344 e. The van der Waals surface area contributed by atoms with Crippen molar-refractivity contribution in [3.8, 4) is 0 Å². The molecule has 2 N–H and O–H groups in total. The Hall–Kier alpha value is -2.93. The molecule has 0 saturated carbocycles. The first kappa shape index (κ1) is 17.4. The number of halogens is 1. The molecule has 0 saturated heterocycles. The van der Waals surface area contributed by atoms with E-state index in [0.717, 1.165) is 5.56 Å². The third-order valence-corrected chi connectivity index (χ3v) is 3.42. The molecule has 0 bridgehead atoms. The quantitative estimate of drug-likeness (QED) is 0.504. The van der Waals surface area contributed by atoms with E-state index in [1.165, 1.54) is 12.1 Å². The number of aryl methyl sites for hydroxylation is 1. The standard InChI is InChI=1S/C16H14ClN3O4/c1-10-2-7-13(14(8-10)20(23)24)19-16(22)15(21)18-9-11-3-5-12(17)6-4-11/h2-8H,9H2,1H3,(H,18,21)(H,19,22). The van der Waals surface area contributed by atoms with E-state index in [4.69, 9.17) is 11.6 Å². The minimum Gasteiger partial charge on any atom is -0.344 e. The fourth-order valence-corrected chi connectivity index (χ4v) is 2.07. The van der Waals surface area contributed by atoms with Gasteiger partial charge in [-0.3, -0.25) is 19.7 Å². The van der Waals surface area contributed by atoms with Crippen LogP contribution >= 0.6 is 11.6 Å². The van der Waals surface area contributed by atoms with Crippen molar-refractivity contribution < 1.29 is 14.5 Å². The number of carbonyl (C=O) groups is 2. The Kier molecular flexibility index (Phi) is 5.49.